The fourth-order valence-electron chi connectivity index (χ4n) is 2.58. The van der Waals surface area contributed by atoms with Crippen LogP contribution in [-0.2, 0) is 14.6 Å². The standard InChI is InChI=1S/C14H19N5O3S2/c1-3-19(11-4-5-24(21,22)8-11)13(20)9(2)23-14-17-7-10(6-15)12(16)18-14/h7,9,11H,3-5,8H2,1-2H3,(H2,16,17,18)/t9-,11+/m0/s1. The smallest absolute Gasteiger partial charge is 0.236 e. The molecule has 0 aromatic carbocycles. The highest BCUT2D eigenvalue weighted by Crippen LogP contribution is 2.25. The number of thioether (sulfide) groups is 1. The summed E-state index contributed by atoms with van der Waals surface area (Å²) in [5.41, 5.74) is 5.83. The van der Waals surface area contributed by atoms with Gasteiger partial charge in [-0.1, -0.05) is 11.8 Å². The molecule has 1 amide bonds. The summed E-state index contributed by atoms with van der Waals surface area (Å²) < 4.78 is 23.3. The topological polar surface area (TPSA) is 130 Å². The molecule has 0 unspecified atom stereocenters. The molecule has 1 saturated heterocycles. The molecule has 1 aromatic heterocycles. The zero-order chi connectivity index (χ0) is 17.9. The molecule has 1 fully saturated rings. The zero-order valence-corrected chi connectivity index (χ0v) is 15.1. The molecule has 10 heteroatoms. The highest BCUT2D eigenvalue weighted by molar-refractivity contribution is 8.00. The highest BCUT2D eigenvalue weighted by atomic mass is 32.2. The lowest BCUT2D eigenvalue weighted by atomic mass is 10.2. The molecule has 1 aliphatic heterocycles. The van der Waals surface area contributed by atoms with E-state index in [1.165, 1.54) is 6.20 Å². The van der Waals surface area contributed by atoms with Crippen LogP contribution in [0.1, 0.15) is 25.8 Å². The van der Waals surface area contributed by atoms with E-state index >= 15 is 0 Å². The summed E-state index contributed by atoms with van der Waals surface area (Å²) in [7, 11) is -3.05. The minimum atomic E-state index is -3.05. The van der Waals surface area contributed by atoms with Crippen molar-refractivity contribution in [2.24, 2.45) is 0 Å². The van der Waals surface area contributed by atoms with Crippen molar-refractivity contribution < 1.29 is 13.2 Å². The fraction of sp³-hybridized carbons (Fsp3) is 0.571. The maximum atomic E-state index is 12.7. The first kappa shape index (κ1) is 18.5. The molecular weight excluding hydrogens is 350 g/mol. The number of aromatic nitrogens is 2. The van der Waals surface area contributed by atoms with Crippen molar-refractivity contribution in [1.82, 2.24) is 14.9 Å². The Morgan fingerprint density at radius 3 is 2.83 bits per heavy atom. The molecule has 1 aromatic rings. The van der Waals surface area contributed by atoms with Crippen LogP contribution in [0.3, 0.4) is 0 Å². The summed E-state index contributed by atoms with van der Waals surface area (Å²) in [6, 6.07) is 1.60. The van der Waals surface area contributed by atoms with E-state index in [0.717, 1.165) is 11.8 Å². The van der Waals surface area contributed by atoms with Crippen LogP contribution < -0.4 is 5.73 Å². The van der Waals surface area contributed by atoms with Gasteiger partial charge in [0.15, 0.2) is 15.0 Å². The monoisotopic (exact) mass is 369 g/mol. The van der Waals surface area contributed by atoms with E-state index in [-0.39, 0.29) is 34.8 Å². The minimum Gasteiger partial charge on any atom is -0.382 e. The van der Waals surface area contributed by atoms with Gasteiger partial charge >= 0.3 is 0 Å². The maximum absolute atomic E-state index is 12.7. The van der Waals surface area contributed by atoms with Crippen molar-refractivity contribution in [1.29, 1.82) is 5.26 Å². The average Bonchev–Trinajstić information content (AvgIpc) is 2.88. The van der Waals surface area contributed by atoms with Crippen LogP contribution in [0.4, 0.5) is 5.82 Å². The van der Waals surface area contributed by atoms with Gasteiger partial charge in [-0.05, 0) is 20.3 Å². The second-order valence-electron chi connectivity index (χ2n) is 5.50. The molecule has 0 saturated carbocycles. The molecule has 2 N–H and O–H groups in total. The van der Waals surface area contributed by atoms with E-state index in [9.17, 15) is 13.2 Å². The van der Waals surface area contributed by atoms with Crippen molar-refractivity contribution in [3.63, 3.8) is 0 Å². The predicted molar refractivity (Wildman–Crippen MR) is 90.9 cm³/mol. The number of sulfone groups is 1. The average molecular weight is 369 g/mol. The van der Waals surface area contributed by atoms with Gasteiger partial charge in [-0.3, -0.25) is 4.79 Å². The number of nitrogen functional groups attached to an aromatic ring is 1. The van der Waals surface area contributed by atoms with E-state index in [0.29, 0.717) is 18.1 Å². The van der Waals surface area contributed by atoms with E-state index in [2.05, 4.69) is 9.97 Å². The number of amides is 1. The van der Waals surface area contributed by atoms with Gasteiger partial charge in [-0.15, -0.1) is 0 Å². The summed E-state index contributed by atoms with van der Waals surface area (Å²) in [6.07, 6.45) is 1.79. The number of carbonyl (C=O) groups is 1. The number of nitriles is 1. The van der Waals surface area contributed by atoms with Gasteiger partial charge in [0.2, 0.25) is 5.91 Å². The van der Waals surface area contributed by atoms with Crippen molar-refractivity contribution in [2.75, 3.05) is 23.8 Å². The van der Waals surface area contributed by atoms with Crippen LogP contribution in [-0.4, -0.2) is 58.5 Å². The predicted octanol–water partition coefficient (Wildman–Crippen LogP) is 0.447. The van der Waals surface area contributed by atoms with Crippen LogP contribution in [0.15, 0.2) is 11.4 Å². The van der Waals surface area contributed by atoms with Gasteiger partial charge in [0.25, 0.3) is 0 Å². The molecule has 1 aliphatic rings. The van der Waals surface area contributed by atoms with E-state index < -0.39 is 15.1 Å². The van der Waals surface area contributed by atoms with Crippen molar-refractivity contribution in [2.45, 2.75) is 36.7 Å². The number of rotatable bonds is 5. The van der Waals surface area contributed by atoms with Gasteiger partial charge in [-0.2, -0.15) is 5.26 Å². The fourth-order valence-corrected chi connectivity index (χ4v) is 5.13. The number of anilines is 1. The molecule has 2 heterocycles. The third kappa shape index (κ3) is 4.15. The Morgan fingerprint density at radius 2 is 2.33 bits per heavy atom. The quantitative estimate of drug-likeness (QED) is 0.585. The van der Waals surface area contributed by atoms with Crippen LogP contribution >= 0.6 is 11.8 Å². The lowest BCUT2D eigenvalue weighted by Gasteiger charge is -2.29. The third-order valence-corrected chi connectivity index (χ3v) is 6.53. The molecule has 24 heavy (non-hydrogen) atoms. The normalized spacial score (nSPS) is 20.3. The van der Waals surface area contributed by atoms with Crippen molar-refractivity contribution in [3.05, 3.63) is 11.8 Å². The second kappa shape index (κ2) is 7.36. The van der Waals surface area contributed by atoms with Crippen LogP contribution in [0, 0.1) is 11.3 Å². The van der Waals surface area contributed by atoms with E-state index in [1.807, 2.05) is 13.0 Å². The molecule has 2 atom stereocenters. The maximum Gasteiger partial charge on any atom is 0.236 e. The summed E-state index contributed by atoms with van der Waals surface area (Å²) in [6.45, 7) is 3.99. The molecule has 0 radical (unpaired) electrons. The van der Waals surface area contributed by atoms with Crippen LogP contribution in [0.5, 0.6) is 0 Å². The number of hydrogen-bond donors (Lipinski definition) is 1. The zero-order valence-electron chi connectivity index (χ0n) is 13.5. The lowest BCUT2D eigenvalue weighted by Crippen LogP contribution is -2.44. The minimum absolute atomic E-state index is 0.0181. The molecule has 0 aliphatic carbocycles. The summed E-state index contributed by atoms with van der Waals surface area (Å²) in [5.74, 6) is 0.0581. The van der Waals surface area contributed by atoms with Gasteiger partial charge in [0, 0.05) is 12.6 Å². The Labute approximate surface area is 145 Å². The molecule has 0 spiro atoms. The second-order valence-corrected chi connectivity index (χ2v) is 9.04. The van der Waals surface area contributed by atoms with Gasteiger partial charge in [0.05, 0.1) is 23.0 Å². The molecule has 8 nitrogen and oxygen atoms in total. The highest BCUT2D eigenvalue weighted by Gasteiger charge is 2.35. The van der Waals surface area contributed by atoms with Crippen molar-refractivity contribution >= 4 is 33.3 Å². The Hall–Kier alpha value is -1.86. The number of nitrogens with zero attached hydrogens (tertiary/aromatic N) is 4. The third-order valence-electron chi connectivity index (χ3n) is 3.82. The van der Waals surface area contributed by atoms with Crippen LogP contribution in [0.2, 0.25) is 0 Å². The SMILES string of the molecule is CCN(C(=O)[C@H](C)Sc1ncc(C#N)c(N)n1)[C@@H]1CCS(=O)(=O)C1. The Kier molecular flexibility index (Phi) is 5.66. The number of hydrogen-bond acceptors (Lipinski definition) is 8. The Bertz CT molecular complexity index is 775. The largest absolute Gasteiger partial charge is 0.382 e. The first-order valence-electron chi connectivity index (χ1n) is 7.47. The summed E-state index contributed by atoms with van der Waals surface area (Å²) >= 11 is 1.14. The van der Waals surface area contributed by atoms with Gasteiger partial charge < -0.3 is 10.6 Å². The molecule has 2 rings (SSSR count). The number of carbonyl (C=O) groups excluding carboxylic acids is 1. The lowest BCUT2D eigenvalue weighted by molar-refractivity contribution is -0.131. The Morgan fingerprint density at radius 1 is 1.62 bits per heavy atom. The van der Waals surface area contributed by atoms with Gasteiger partial charge in [0.1, 0.15) is 17.5 Å². The van der Waals surface area contributed by atoms with Crippen LogP contribution in [0.25, 0.3) is 0 Å². The first-order valence-corrected chi connectivity index (χ1v) is 10.2. The first-order chi connectivity index (χ1) is 11.3. The summed E-state index contributed by atoms with van der Waals surface area (Å²) in [5, 5.41) is 8.64. The van der Waals surface area contributed by atoms with Gasteiger partial charge in [-0.25, -0.2) is 18.4 Å². The summed E-state index contributed by atoms with van der Waals surface area (Å²) in [4.78, 5) is 22.3. The Balaban J connectivity index is 2.08. The van der Waals surface area contributed by atoms with E-state index in [4.69, 9.17) is 11.0 Å². The molecule has 0 bridgehead atoms. The van der Waals surface area contributed by atoms with E-state index in [1.54, 1.807) is 11.8 Å². The van der Waals surface area contributed by atoms with Crippen molar-refractivity contribution in [3.8, 4) is 6.07 Å². The molecular formula is C14H19N5O3S2. The molecule has 130 valence electrons. The number of nitrogens with two attached hydrogens (primary N) is 1.